The molecule has 0 radical (unpaired) electrons. The van der Waals surface area contributed by atoms with Crippen LogP contribution < -0.4 is 0 Å². The van der Waals surface area contributed by atoms with Gasteiger partial charge in [-0.3, -0.25) is 0 Å². The molecule has 1 aromatic rings. The van der Waals surface area contributed by atoms with E-state index in [0.29, 0.717) is 5.92 Å². The molecule has 2 aliphatic carbocycles. The fourth-order valence-corrected chi connectivity index (χ4v) is 6.82. The quantitative estimate of drug-likeness (QED) is 0.173. The van der Waals surface area contributed by atoms with Crippen LogP contribution in [0.25, 0.3) is 0 Å². The van der Waals surface area contributed by atoms with E-state index < -0.39 is 17.4 Å². The van der Waals surface area contributed by atoms with Crippen molar-refractivity contribution in [1.82, 2.24) is 0 Å². The van der Waals surface area contributed by atoms with Gasteiger partial charge in [-0.05, 0) is 105 Å². The lowest BCUT2D eigenvalue weighted by Gasteiger charge is -2.41. The highest BCUT2D eigenvalue weighted by Crippen LogP contribution is 2.46. The lowest BCUT2D eigenvalue weighted by Crippen LogP contribution is -2.33. The maximum atomic E-state index is 14.1. The SMILES string of the molecule is C=CC1CCC(C2CCC(C3CCC(c4ccc(COC(=C)/C(F)=C(/F)C(=C)OC)cc4)CC3)CC2)CO1. The molecule has 4 rings (SSSR count). The maximum Gasteiger partial charge on any atom is 0.203 e. The van der Waals surface area contributed by atoms with Crippen molar-refractivity contribution in [3.05, 3.63) is 84.4 Å². The molecule has 3 fully saturated rings. The van der Waals surface area contributed by atoms with Gasteiger partial charge in [0.15, 0.2) is 11.5 Å². The van der Waals surface area contributed by atoms with Gasteiger partial charge in [0.1, 0.15) is 6.61 Å². The molecule has 3 aliphatic rings. The Morgan fingerprint density at radius 3 is 1.87 bits per heavy atom. The molecule has 0 bridgehead atoms. The summed E-state index contributed by atoms with van der Waals surface area (Å²) < 4.78 is 43.8. The van der Waals surface area contributed by atoms with E-state index in [1.165, 1.54) is 70.5 Å². The van der Waals surface area contributed by atoms with Gasteiger partial charge in [-0.15, -0.1) is 6.58 Å². The van der Waals surface area contributed by atoms with Gasteiger partial charge in [0.2, 0.25) is 11.7 Å². The molecule has 3 nitrogen and oxygen atoms in total. The third-order valence-corrected chi connectivity index (χ3v) is 9.32. The number of ether oxygens (including phenoxy) is 3. The molecule has 38 heavy (non-hydrogen) atoms. The van der Waals surface area contributed by atoms with Crippen LogP contribution in [-0.2, 0) is 20.8 Å². The average molecular weight is 527 g/mol. The van der Waals surface area contributed by atoms with Gasteiger partial charge in [0.05, 0.1) is 19.8 Å². The molecule has 0 spiro atoms. The van der Waals surface area contributed by atoms with Crippen LogP contribution in [0.5, 0.6) is 0 Å². The normalized spacial score (nSPS) is 30.6. The van der Waals surface area contributed by atoms with Crippen LogP contribution in [0.2, 0.25) is 0 Å². The summed E-state index contributed by atoms with van der Waals surface area (Å²) in [5, 5.41) is 0. The zero-order valence-electron chi connectivity index (χ0n) is 22.9. The van der Waals surface area contributed by atoms with E-state index in [-0.39, 0.29) is 18.5 Å². The zero-order valence-corrected chi connectivity index (χ0v) is 22.9. The van der Waals surface area contributed by atoms with Gasteiger partial charge in [-0.25, -0.2) is 0 Å². The number of methoxy groups -OCH3 is 1. The summed E-state index contributed by atoms with van der Waals surface area (Å²) in [6.45, 7) is 11.7. The summed E-state index contributed by atoms with van der Waals surface area (Å²) >= 11 is 0. The van der Waals surface area contributed by atoms with E-state index >= 15 is 0 Å². The summed E-state index contributed by atoms with van der Waals surface area (Å²) in [5.41, 5.74) is 2.25. The number of allylic oxidation sites excluding steroid dienone is 2. The van der Waals surface area contributed by atoms with E-state index in [1.54, 1.807) is 0 Å². The molecule has 0 aromatic heterocycles. The van der Waals surface area contributed by atoms with Crippen molar-refractivity contribution < 1.29 is 23.0 Å². The predicted octanol–water partition coefficient (Wildman–Crippen LogP) is 9.09. The Morgan fingerprint density at radius 2 is 1.34 bits per heavy atom. The van der Waals surface area contributed by atoms with Crippen molar-refractivity contribution in [1.29, 1.82) is 0 Å². The average Bonchev–Trinajstić information content (AvgIpc) is 2.99. The number of rotatable bonds is 10. The Kier molecular flexibility index (Phi) is 10.2. The second-order valence-corrected chi connectivity index (χ2v) is 11.4. The monoisotopic (exact) mass is 526 g/mol. The molecular weight excluding hydrogens is 482 g/mol. The molecule has 1 aliphatic heterocycles. The minimum Gasteiger partial charge on any atom is -0.494 e. The Balaban J connectivity index is 1.19. The largest absolute Gasteiger partial charge is 0.494 e. The van der Waals surface area contributed by atoms with Gasteiger partial charge >= 0.3 is 0 Å². The van der Waals surface area contributed by atoms with Crippen molar-refractivity contribution in [2.45, 2.75) is 82.8 Å². The van der Waals surface area contributed by atoms with Crippen molar-refractivity contribution >= 4 is 0 Å². The van der Waals surface area contributed by atoms with Crippen LogP contribution >= 0.6 is 0 Å². The van der Waals surface area contributed by atoms with Gasteiger partial charge in [-0.1, -0.05) is 43.5 Å². The number of halogens is 2. The zero-order chi connectivity index (χ0) is 27.1. The fourth-order valence-electron chi connectivity index (χ4n) is 6.82. The van der Waals surface area contributed by atoms with Gasteiger partial charge < -0.3 is 14.2 Å². The van der Waals surface area contributed by atoms with E-state index in [9.17, 15) is 8.78 Å². The second kappa shape index (κ2) is 13.6. The summed E-state index contributed by atoms with van der Waals surface area (Å²) in [4.78, 5) is 0. The number of hydrogen-bond acceptors (Lipinski definition) is 3. The van der Waals surface area contributed by atoms with Gasteiger partial charge in [0.25, 0.3) is 0 Å². The first-order valence-electron chi connectivity index (χ1n) is 14.3. The second-order valence-electron chi connectivity index (χ2n) is 11.4. The highest BCUT2D eigenvalue weighted by atomic mass is 19.2. The van der Waals surface area contributed by atoms with Gasteiger partial charge in [-0.2, -0.15) is 8.78 Å². The highest BCUT2D eigenvalue weighted by Gasteiger charge is 2.35. The molecule has 2 unspecified atom stereocenters. The minimum absolute atomic E-state index is 0.122. The predicted molar refractivity (Wildman–Crippen MR) is 149 cm³/mol. The third kappa shape index (κ3) is 7.16. The van der Waals surface area contributed by atoms with Crippen LogP contribution in [0, 0.1) is 23.7 Å². The molecule has 1 saturated heterocycles. The number of benzene rings is 1. The Labute approximate surface area is 227 Å². The van der Waals surface area contributed by atoms with Crippen LogP contribution in [0.15, 0.2) is 73.3 Å². The molecule has 1 heterocycles. The molecule has 5 heteroatoms. The molecule has 208 valence electrons. The van der Waals surface area contributed by atoms with Crippen LogP contribution in [0.1, 0.15) is 81.3 Å². The molecule has 1 aromatic carbocycles. The summed E-state index contributed by atoms with van der Waals surface area (Å²) in [5.74, 6) is 0.814. The van der Waals surface area contributed by atoms with E-state index in [2.05, 4.69) is 36.6 Å². The Bertz CT molecular complexity index is 974. The third-order valence-electron chi connectivity index (χ3n) is 9.32. The summed E-state index contributed by atoms with van der Waals surface area (Å²) in [6, 6.07) is 8.32. The van der Waals surface area contributed by atoms with Crippen LogP contribution in [0.3, 0.4) is 0 Å². The van der Waals surface area contributed by atoms with Gasteiger partial charge in [0, 0.05) is 0 Å². The lowest BCUT2D eigenvalue weighted by molar-refractivity contribution is -0.0189. The standard InChI is InChI=1S/C33H44F2O3/c1-5-31-19-18-30(21-38-31)29-16-14-28(15-17-29)27-12-10-26(11-13-27)25-8-6-24(7-9-25)20-37-23(3)33(35)32(34)22(2)36-4/h5-9,26-31H,1-3,10-21H2,4H3/b33-32-. The molecule has 0 N–H and O–H groups in total. The first-order chi connectivity index (χ1) is 18.4. The fraction of sp³-hybridized carbons (Fsp3) is 0.576. The van der Waals surface area contributed by atoms with Crippen LogP contribution in [-0.4, -0.2) is 19.8 Å². The Morgan fingerprint density at radius 1 is 0.816 bits per heavy atom. The highest BCUT2D eigenvalue weighted by molar-refractivity contribution is 5.30. The summed E-state index contributed by atoms with van der Waals surface area (Å²) in [6.07, 6.45) is 15.3. The van der Waals surface area contributed by atoms with Crippen molar-refractivity contribution in [3.8, 4) is 0 Å². The van der Waals surface area contributed by atoms with Crippen molar-refractivity contribution in [2.24, 2.45) is 23.7 Å². The minimum atomic E-state index is -1.20. The number of hydrogen-bond donors (Lipinski definition) is 0. The molecule has 0 amide bonds. The molecule has 2 atom stereocenters. The lowest BCUT2D eigenvalue weighted by atomic mass is 9.66. The van der Waals surface area contributed by atoms with E-state index in [4.69, 9.17) is 9.47 Å². The first-order valence-corrected chi connectivity index (χ1v) is 14.3. The van der Waals surface area contributed by atoms with Crippen molar-refractivity contribution in [3.63, 3.8) is 0 Å². The molecule has 2 saturated carbocycles. The maximum absolute atomic E-state index is 14.1. The van der Waals surface area contributed by atoms with E-state index in [1.807, 2.05) is 18.2 Å². The molecular formula is C33H44F2O3. The summed E-state index contributed by atoms with van der Waals surface area (Å²) in [7, 11) is 1.23. The topological polar surface area (TPSA) is 27.7 Å². The van der Waals surface area contributed by atoms with Crippen LogP contribution in [0.4, 0.5) is 8.78 Å². The van der Waals surface area contributed by atoms with Crippen molar-refractivity contribution in [2.75, 3.05) is 13.7 Å². The van der Waals surface area contributed by atoms with E-state index in [0.717, 1.165) is 42.3 Å². The first kappa shape index (κ1) is 28.6. The Hall–Kier alpha value is -2.40. The smallest absolute Gasteiger partial charge is 0.203 e.